The van der Waals surface area contributed by atoms with E-state index in [0.717, 1.165) is 31.2 Å². The van der Waals surface area contributed by atoms with Crippen LogP contribution in [-0.2, 0) is 9.53 Å². The Morgan fingerprint density at radius 2 is 1.83 bits per heavy atom. The number of hydrogen-bond donors (Lipinski definition) is 0. The van der Waals surface area contributed by atoms with E-state index in [4.69, 9.17) is 4.74 Å². The lowest BCUT2D eigenvalue weighted by Gasteiger charge is -2.08. The lowest BCUT2D eigenvalue weighted by molar-refractivity contribution is -0.141. The van der Waals surface area contributed by atoms with Crippen LogP contribution >= 0.6 is 0 Å². The SMILES string of the molecule is CC(=O)OCCCCCC=C(c1ccccc1)c1cccnc1. The van der Waals surface area contributed by atoms with Gasteiger partial charge in [-0.15, -0.1) is 0 Å². The van der Waals surface area contributed by atoms with E-state index in [0.29, 0.717) is 6.61 Å². The van der Waals surface area contributed by atoms with Gasteiger partial charge < -0.3 is 4.74 Å². The van der Waals surface area contributed by atoms with Crippen LogP contribution in [0.4, 0.5) is 0 Å². The van der Waals surface area contributed by atoms with Crippen LogP contribution in [0.1, 0.15) is 43.7 Å². The normalized spacial score (nSPS) is 11.3. The van der Waals surface area contributed by atoms with Crippen LogP contribution in [0, 0.1) is 0 Å². The molecule has 0 unspecified atom stereocenters. The number of carbonyl (C=O) groups excluding carboxylic acids is 1. The van der Waals surface area contributed by atoms with Gasteiger partial charge in [0.05, 0.1) is 6.61 Å². The zero-order valence-corrected chi connectivity index (χ0v) is 13.6. The van der Waals surface area contributed by atoms with Gasteiger partial charge in [0.2, 0.25) is 0 Å². The minimum atomic E-state index is -0.201. The summed E-state index contributed by atoms with van der Waals surface area (Å²) in [5.74, 6) is -0.201. The highest BCUT2D eigenvalue weighted by atomic mass is 16.5. The number of aromatic nitrogens is 1. The molecule has 0 aliphatic heterocycles. The van der Waals surface area contributed by atoms with Crippen LogP contribution in [0.15, 0.2) is 60.9 Å². The molecule has 0 aliphatic carbocycles. The van der Waals surface area contributed by atoms with Gasteiger partial charge >= 0.3 is 5.97 Å². The summed E-state index contributed by atoms with van der Waals surface area (Å²) in [4.78, 5) is 14.9. The second-order valence-electron chi connectivity index (χ2n) is 5.41. The van der Waals surface area contributed by atoms with Crippen molar-refractivity contribution in [1.82, 2.24) is 4.98 Å². The molecule has 0 saturated carbocycles. The monoisotopic (exact) mass is 309 g/mol. The van der Waals surface area contributed by atoms with Crippen LogP contribution in [-0.4, -0.2) is 17.6 Å². The maximum Gasteiger partial charge on any atom is 0.302 e. The van der Waals surface area contributed by atoms with E-state index >= 15 is 0 Å². The molecule has 23 heavy (non-hydrogen) atoms. The summed E-state index contributed by atoms with van der Waals surface area (Å²) in [6.07, 6.45) is 10.0. The van der Waals surface area contributed by atoms with Crippen LogP contribution in [0.2, 0.25) is 0 Å². The van der Waals surface area contributed by atoms with Crippen molar-refractivity contribution >= 4 is 11.5 Å². The van der Waals surface area contributed by atoms with Crippen LogP contribution < -0.4 is 0 Å². The second-order valence-corrected chi connectivity index (χ2v) is 5.41. The molecule has 0 radical (unpaired) electrons. The Morgan fingerprint density at radius 1 is 1.04 bits per heavy atom. The zero-order chi connectivity index (χ0) is 16.3. The van der Waals surface area contributed by atoms with Crippen molar-refractivity contribution in [1.29, 1.82) is 0 Å². The summed E-state index contributed by atoms with van der Waals surface area (Å²) < 4.78 is 4.95. The molecule has 1 aromatic heterocycles. The van der Waals surface area contributed by atoms with Crippen molar-refractivity contribution in [2.45, 2.75) is 32.6 Å². The van der Waals surface area contributed by atoms with E-state index < -0.39 is 0 Å². The largest absolute Gasteiger partial charge is 0.466 e. The molecule has 0 atom stereocenters. The molecular weight excluding hydrogens is 286 g/mol. The fraction of sp³-hybridized carbons (Fsp3) is 0.300. The van der Waals surface area contributed by atoms with Gasteiger partial charge in [0.25, 0.3) is 0 Å². The van der Waals surface area contributed by atoms with Crippen molar-refractivity contribution in [2.24, 2.45) is 0 Å². The first-order chi connectivity index (χ1) is 11.3. The summed E-state index contributed by atoms with van der Waals surface area (Å²) in [5, 5.41) is 0. The Kier molecular flexibility index (Phi) is 7.05. The zero-order valence-electron chi connectivity index (χ0n) is 13.6. The number of pyridine rings is 1. The maximum absolute atomic E-state index is 10.7. The van der Waals surface area contributed by atoms with Gasteiger partial charge in [-0.25, -0.2) is 0 Å². The van der Waals surface area contributed by atoms with E-state index in [2.05, 4.69) is 41.4 Å². The fourth-order valence-corrected chi connectivity index (χ4v) is 2.43. The standard InChI is InChI=1S/C20H23NO2/c1-17(22)23-15-8-3-2-7-13-20(18-10-5-4-6-11-18)19-12-9-14-21-16-19/h4-6,9-14,16H,2-3,7-8,15H2,1H3. The van der Waals surface area contributed by atoms with E-state index in [1.807, 2.05) is 18.3 Å². The van der Waals surface area contributed by atoms with Crippen molar-refractivity contribution in [2.75, 3.05) is 6.61 Å². The van der Waals surface area contributed by atoms with Gasteiger partial charge in [-0.3, -0.25) is 9.78 Å². The van der Waals surface area contributed by atoms with E-state index in [1.54, 1.807) is 6.20 Å². The third-order valence-corrected chi connectivity index (χ3v) is 3.56. The average molecular weight is 309 g/mol. The van der Waals surface area contributed by atoms with Gasteiger partial charge in [-0.05, 0) is 42.9 Å². The fourth-order valence-electron chi connectivity index (χ4n) is 2.43. The number of hydrogen-bond acceptors (Lipinski definition) is 3. The summed E-state index contributed by atoms with van der Waals surface area (Å²) in [6.45, 7) is 1.97. The molecule has 0 saturated heterocycles. The summed E-state index contributed by atoms with van der Waals surface area (Å²) in [5.41, 5.74) is 3.57. The predicted molar refractivity (Wildman–Crippen MR) is 92.9 cm³/mol. The predicted octanol–water partition coefficient (Wildman–Crippen LogP) is 4.64. The lowest BCUT2D eigenvalue weighted by atomic mass is 9.97. The number of rotatable bonds is 8. The molecule has 0 amide bonds. The van der Waals surface area contributed by atoms with E-state index in [-0.39, 0.29) is 5.97 Å². The average Bonchev–Trinajstić information content (AvgIpc) is 2.59. The van der Waals surface area contributed by atoms with Gasteiger partial charge in [-0.1, -0.05) is 42.5 Å². The summed E-state index contributed by atoms with van der Waals surface area (Å²) in [6, 6.07) is 14.4. The highest BCUT2D eigenvalue weighted by molar-refractivity contribution is 5.79. The molecule has 0 spiro atoms. The van der Waals surface area contributed by atoms with Gasteiger partial charge in [0.1, 0.15) is 0 Å². The van der Waals surface area contributed by atoms with Crippen molar-refractivity contribution in [3.63, 3.8) is 0 Å². The third kappa shape index (κ3) is 6.07. The van der Waals surface area contributed by atoms with Crippen molar-refractivity contribution in [3.05, 3.63) is 72.1 Å². The summed E-state index contributed by atoms with van der Waals surface area (Å²) in [7, 11) is 0. The number of ether oxygens (including phenoxy) is 1. The Bertz CT molecular complexity index is 579. The minimum Gasteiger partial charge on any atom is -0.466 e. The molecule has 3 heteroatoms. The lowest BCUT2D eigenvalue weighted by Crippen LogP contribution is -1.99. The molecule has 1 aromatic carbocycles. The summed E-state index contributed by atoms with van der Waals surface area (Å²) >= 11 is 0. The number of benzene rings is 1. The van der Waals surface area contributed by atoms with E-state index in [9.17, 15) is 4.79 Å². The Morgan fingerprint density at radius 3 is 2.52 bits per heavy atom. The molecule has 1 heterocycles. The van der Waals surface area contributed by atoms with Crippen LogP contribution in [0.25, 0.3) is 5.57 Å². The first kappa shape index (κ1) is 16.9. The number of carbonyl (C=O) groups is 1. The Hall–Kier alpha value is -2.42. The highest BCUT2D eigenvalue weighted by Gasteiger charge is 2.04. The maximum atomic E-state index is 10.7. The van der Waals surface area contributed by atoms with Gasteiger partial charge in [-0.2, -0.15) is 0 Å². The Labute approximate surface area is 138 Å². The first-order valence-corrected chi connectivity index (χ1v) is 8.06. The number of unbranched alkanes of at least 4 members (excludes halogenated alkanes) is 3. The molecule has 2 rings (SSSR count). The van der Waals surface area contributed by atoms with Crippen molar-refractivity contribution < 1.29 is 9.53 Å². The molecule has 2 aromatic rings. The van der Waals surface area contributed by atoms with Crippen LogP contribution in [0.5, 0.6) is 0 Å². The number of nitrogens with zero attached hydrogens (tertiary/aromatic N) is 1. The topological polar surface area (TPSA) is 39.2 Å². The molecule has 120 valence electrons. The van der Waals surface area contributed by atoms with Crippen LogP contribution in [0.3, 0.4) is 0 Å². The van der Waals surface area contributed by atoms with E-state index in [1.165, 1.54) is 18.1 Å². The number of esters is 1. The molecule has 0 fully saturated rings. The molecule has 0 aliphatic rings. The first-order valence-electron chi connectivity index (χ1n) is 8.06. The quantitative estimate of drug-likeness (QED) is 0.527. The third-order valence-electron chi connectivity index (χ3n) is 3.56. The molecular formula is C20H23NO2. The molecule has 0 bridgehead atoms. The Balaban J connectivity index is 1.94. The second kappa shape index (κ2) is 9.57. The smallest absolute Gasteiger partial charge is 0.302 e. The molecule has 3 nitrogen and oxygen atoms in total. The highest BCUT2D eigenvalue weighted by Crippen LogP contribution is 2.23. The minimum absolute atomic E-state index is 0.201. The molecule has 0 N–H and O–H groups in total. The van der Waals surface area contributed by atoms with Gasteiger partial charge in [0.15, 0.2) is 0 Å². The van der Waals surface area contributed by atoms with Crippen molar-refractivity contribution in [3.8, 4) is 0 Å². The number of allylic oxidation sites excluding steroid dienone is 1. The van der Waals surface area contributed by atoms with Gasteiger partial charge in [0, 0.05) is 24.9 Å².